The first kappa shape index (κ1) is 9.97. The first-order valence-electron chi connectivity index (χ1n) is 5.56. The van der Waals surface area contributed by atoms with Crippen LogP contribution in [0.2, 0.25) is 0 Å². The summed E-state index contributed by atoms with van der Waals surface area (Å²) >= 11 is 0. The Bertz CT molecular complexity index is 241. The van der Waals surface area contributed by atoms with E-state index in [0.717, 1.165) is 13.0 Å². The van der Waals surface area contributed by atoms with Crippen LogP contribution in [-0.2, 0) is 9.53 Å². The summed E-state index contributed by atoms with van der Waals surface area (Å²) in [6.45, 7) is 5.58. The Morgan fingerprint density at radius 3 is 3.00 bits per heavy atom. The van der Waals surface area contributed by atoms with Gasteiger partial charge in [-0.3, -0.25) is 4.79 Å². The molecule has 2 unspecified atom stereocenters. The number of carbonyl (C=O) groups is 1. The molecule has 1 heterocycles. The second-order valence-corrected chi connectivity index (χ2v) is 4.75. The molecule has 82 valence electrons. The van der Waals surface area contributed by atoms with Crippen LogP contribution < -0.4 is 5.32 Å². The van der Waals surface area contributed by atoms with Crippen LogP contribution in [0.3, 0.4) is 0 Å². The van der Waals surface area contributed by atoms with Crippen molar-refractivity contribution in [3.8, 4) is 0 Å². The maximum atomic E-state index is 11.7. The van der Waals surface area contributed by atoms with Crippen LogP contribution in [0.4, 0.5) is 0 Å². The lowest BCUT2D eigenvalue weighted by molar-refractivity contribution is -0.125. The summed E-state index contributed by atoms with van der Waals surface area (Å²) in [6.07, 6.45) is 3.35. The normalized spacial score (nSPS) is 30.3. The average molecular weight is 199 g/mol. The van der Waals surface area contributed by atoms with Gasteiger partial charge in [0.15, 0.2) is 0 Å². The highest BCUT2D eigenvalue weighted by Gasteiger charge is 2.53. The van der Waals surface area contributed by atoms with E-state index < -0.39 is 0 Å². The summed E-state index contributed by atoms with van der Waals surface area (Å²) in [4.78, 5) is 11.7. The smallest absolute Gasteiger partial charge is 0.223 e. The van der Waals surface area contributed by atoms with Crippen LogP contribution in [0.15, 0.2) is 0 Å². The van der Waals surface area contributed by atoms with Crippen LogP contribution >= 0.6 is 0 Å². The van der Waals surface area contributed by atoms with E-state index in [1.165, 1.54) is 12.8 Å². The number of rotatable bonds is 3. The Morgan fingerprint density at radius 1 is 1.71 bits per heavy atom. The van der Waals surface area contributed by atoms with E-state index in [9.17, 15) is 4.79 Å². The third kappa shape index (κ3) is 1.65. The molecule has 0 aromatic heterocycles. The molecule has 1 N–H and O–H groups in total. The zero-order valence-corrected chi connectivity index (χ0v) is 9.01. The Hall–Kier alpha value is -0.570. The van der Waals surface area contributed by atoms with E-state index in [0.29, 0.717) is 12.0 Å². The molecule has 0 bridgehead atoms. The number of hydrogen-bond donors (Lipinski definition) is 1. The molecule has 0 aromatic rings. The molecule has 1 amide bonds. The van der Waals surface area contributed by atoms with Crippen molar-refractivity contribution in [2.24, 2.45) is 11.3 Å². The van der Waals surface area contributed by atoms with Crippen molar-refractivity contribution in [3.05, 3.63) is 0 Å². The van der Waals surface area contributed by atoms with Crippen LogP contribution in [0.5, 0.6) is 0 Å². The Morgan fingerprint density at radius 2 is 2.43 bits per heavy atom. The molecule has 2 fully saturated rings. The summed E-state index contributed by atoms with van der Waals surface area (Å²) in [5.74, 6) is 0.320. The molecule has 2 rings (SSSR count). The maximum absolute atomic E-state index is 11.7. The fourth-order valence-electron chi connectivity index (χ4n) is 2.00. The van der Waals surface area contributed by atoms with Crippen molar-refractivity contribution >= 4 is 5.91 Å². The first-order valence-corrected chi connectivity index (χ1v) is 5.56. The predicted molar refractivity (Wildman–Crippen MR) is 56.0 cm³/mol. The zero-order valence-electron chi connectivity index (χ0n) is 9.01. The summed E-state index contributed by atoms with van der Waals surface area (Å²) < 4.78 is 5.43. The molecule has 1 aliphatic carbocycles. The number of amides is 1. The van der Waals surface area contributed by atoms with E-state index in [-0.39, 0.29) is 19.3 Å². The van der Waals surface area contributed by atoms with Gasteiger partial charge in [0.1, 0.15) is 0 Å². The summed E-state index contributed by atoms with van der Waals surface area (Å²) in [5, 5.41) is 3.12. The van der Waals surface area contributed by atoms with Crippen LogP contribution in [0, 0.1) is 11.3 Å². The molecule has 0 aromatic carbocycles. The van der Waals surface area contributed by atoms with Crippen LogP contribution in [0.25, 0.3) is 0 Å². The van der Waals surface area contributed by atoms with E-state index in [4.69, 9.17) is 4.74 Å². The molecule has 2 atom stereocenters. The molecule has 1 aliphatic heterocycles. The lowest BCUT2D eigenvalue weighted by Crippen LogP contribution is -2.43. The third-order valence-electron chi connectivity index (χ3n) is 3.68. The van der Waals surface area contributed by atoms with Gasteiger partial charge in [-0.05, 0) is 19.3 Å². The molecule has 0 radical (unpaired) electrons. The fourth-order valence-corrected chi connectivity index (χ4v) is 2.00. The van der Waals surface area contributed by atoms with Crippen molar-refractivity contribution in [2.75, 3.05) is 13.2 Å². The van der Waals surface area contributed by atoms with Crippen molar-refractivity contribution in [1.82, 2.24) is 5.32 Å². The highest BCUT2D eigenvalue weighted by Crippen LogP contribution is 2.51. The minimum absolute atomic E-state index is 0. The van der Waals surface area contributed by atoms with Crippen molar-refractivity contribution in [3.63, 3.8) is 0 Å². The van der Waals surface area contributed by atoms with Gasteiger partial charge in [-0.2, -0.15) is 0 Å². The van der Waals surface area contributed by atoms with Gasteiger partial charge in [0.25, 0.3) is 0 Å². The van der Waals surface area contributed by atoms with E-state index in [1.807, 2.05) is 13.8 Å². The Balaban J connectivity index is 0.00000112. The van der Waals surface area contributed by atoms with E-state index in [1.54, 1.807) is 0 Å². The SMILES string of the molecule is CCC(C)C(=O)NC1COCC12CC2.[HH]. The van der Waals surface area contributed by atoms with E-state index in [2.05, 4.69) is 5.32 Å². The standard InChI is InChI=1S/C11H19NO2.H2/c1-3-8(2)10(13)12-9-6-14-7-11(9)4-5-11;/h8-9H,3-7H2,1-2H3,(H,12,13);1H. The Labute approximate surface area is 86.7 Å². The highest BCUT2D eigenvalue weighted by molar-refractivity contribution is 5.78. The quantitative estimate of drug-likeness (QED) is 0.749. The van der Waals surface area contributed by atoms with Crippen molar-refractivity contribution in [1.29, 1.82) is 0 Å². The predicted octanol–water partition coefficient (Wildman–Crippen LogP) is 1.57. The number of ether oxygens (including phenoxy) is 1. The van der Waals surface area contributed by atoms with Crippen LogP contribution in [0.1, 0.15) is 34.5 Å². The summed E-state index contributed by atoms with van der Waals surface area (Å²) in [7, 11) is 0. The Kier molecular flexibility index (Phi) is 2.52. The van der Waals surface area contributed by atoms with Crippen molar-refractivity contribution < 1.29 is 11.0 Å². The zero-order chi connectivity index (χ0) is 10.2. The molecular formula is C11H21NO2. The first-order chi connectivity index (χ1) is 6.68. The van der Waals surface area contributed by atoms with Gasteiger partial charge >= 0.3 is 0 Å². The van der Waals surface area contributed by atoms with E-state index >= 15 is 0 Å². The third-order valence-corrected chi connectivity index (χ3v) is 3.68. The second-order valence-electron chi connectivity index (χ2n) is 4.75. The van der Waals surface area contributed by atoms with Gasteiger partial charge in [-0.1, -0.05) is 13.8 Å². The minimum atomic E-state index is 0. The summed E-state index contributed by atoms with van der Waals surface area (Å²) in [6, 6.07) is 0.281. The number of hydrogen-bond acceptors (Lipinski definition) is 2. The van der Waals surface area contributed by atoms with Gasteiger partial charge in [0, 0.05) is 12.8 Å². The average Bonchev–Trinajstić information content (AvgIpc) is 2.85. The molecular weight excluding hydrogens is 178 g/mol. The van der Waals surface area contributed by atoms with Crippen LogP contribution in [-0.4, -0.2) is 25.2 Å². The highest BCUT2D eigenvalue weighted by atomic mass is 16.5. The lowest BCUT2D eigenvalue weighted by Gasteiger charge is -2.19. The monoisotopic (exact) mass is 199 g/mol. The maximum Gasteiger partial charge on any atom is 0.223 e. The fraction of sp³-hybridized carbons (Fsp3) is 0.909. The molecule has 1 spiro atoms. The molecule has 1 saturated heterocycles. The number of nitrogens with one attached hydrogen (secondary N) is 1. The summed E-state index contributed by atoms with van der Waals surface area (Å²) in [5.41, 5.74) is 0.323. The molecule has 2 aliphatic rings. The largest absolute Gasteiger partial charge is 0.379 e. The van der Waals surface area contributed by atoms with Gasteiger partial charge in [-0.25, -0.2) is 0 Å². The molecule has 3 nitrogen and oxygen atoms in total. The molecule has 1 saturated carbocycles. The van der Waals surface area contributed by atoms with Gasteiger partial charge in [0.2, 0.25) is 5.91 Å². The van der Waals surface area contributed by atoms with Gasteiger partial charge in [-0.15, -0.1) is 0 Å². The van der Waals surface area contributed by atoms with Gasteiger partial charge < -0.3 is 10.1 Å². The lowest BCUT2D eigenvalue weighted by atomic mass is 9.99. The second kappa shape index (κ2) is 3.54. The molecule has 14 heavy (non-hydrogen) atoms. The number of carbonyl (C=O) groups excluding carboxylic acids is 1. The van der Waals surface area contributed by atoms with Crippen molar-refractivity contribution in [2.45, 2.75) is 39.2 Å². The van der Waals surface area contributed by atoms with Gasteiger partial charge in [0.05, 0.1) is 19.3 Å². The topological polar surface area (TPSA) is 38.3 Å². The molecule has 3 heteroatoms. The minimum Gasteiger partial charge on any atom is -0.379 e.